The zero-order valence-corrected chi connectivity index (χ0v) is 16.8. The molecular formula is C21H29N5O2. The zero-order chi connectivity index (χ0) is 19.5. The van der Waals surface area contributed by atoms with Crippen molar-refractivity contribution in [1.29, 1.82) is 0 Å². The summed E-state index contributed by atoms with van der Waals surface area (Å²) in [6.07, 6.45) is 2.33. The standard InChI is InChI=1S/C21H29N5O2/c1-15-4-3-5-18(16(15)2)28-13-8-20(27)25-10-6-17(7-11-25)21-24-23-19-14-22-9-12-26(19)21/h3-5,17,22H,6-14H2,1-2H3. The number of piperidine rings is 1. The van der Waals surface area contributed by atoms with Crippen molar-refractivity contribution in [3.05, 3.63) is 41.0 Å². The van der Waals surface area contributed by atoms with Gasteiger partial charge in [0, 0.05) is 32.1 Å². The number of hydrogen-bond acceptors (Lipinski definition) is 5. The van der Waals surface area contributed by atoms with Crippen molar-refractivity contribution in [2.45, 2.75) is 52.1 Å². The van der Waals surface area contributed by atoms with Gasteiger partial charge in [-0.05, 0) is 43.9 Å². The number of fused-ring (bicyclic) bond motifs is 1. The molecule has 0 spiro atoms. The van der Waals surface area contributed by atoms with Crippen LogP contribution >= 0.6 is 0 Å². The van der Waals surface area contributed by atoms with Gasteiger partial charge in [0.05, 0.1) is 19.6 Å². The van der Waals surface area contributed by atoms with Crippen molar-refractivity contribution in [1.82, 2.24) is 25.0 Å². The van der Waals surface area contributed by atoms with E-state index in [4.69, 9.17) is 4.74 Å². The van der Waals surface area contributed by atoms with E-state index in [0.29, 0.717) is 18.9 Å². The van der Waals surface area contributed by atoms with Gasteiger partial charge in [0.15, 0.2) is 0 Å². The van der Waals surface area contributed by atoms with E-state index in [1.54, 1.807) is 0 Å². The summed E-state index contributed by atoms with van der Waals surface area (Å²) in [6, 6.07) is 6.02. The Bertz CT molecular complexity index is 839. The lowest BCUT2D eigenvalue weighted by atomic mass is 9.95. The van der Waals surface area contributed by atoms with E-state index in [2.05, 4.69) is 40.0 Å². The van der Waals surface area contributed by atoms with Gasteiger partial charge in [-0.25, -0.2) is 0 Å². The van der Waals surface area contributed by atoms with Crippen LogP contribution in [-0.2, 0) is 17.9 Å². The Hall–Kier alpha value is -2.41. The van der Waals surface area contributed by atoms with Crippen LogP contribution in [0, 0.1) is 13.8 Å². The highest BCUT2D eigenvalue weighted by molar-refractivity contribution is 5.76. The number of aryl methyl sites for hydroxylation is 1. The third-order valence-electron chi connectivity index (χ3n) is 5.99. The number of rotatable bonds is 5. The topological polar surface area (TPSA) is 72.3 Å². The van der Waals surface area contributed by atoms with E-state index >= 15 is 0 Å². The highest BCUT2D eigenvalue weighted by Gasteiger charge is 2.28. The Labute approximate surface area is 166 Å². The fourth-order valence-electron chi connectivity index (χ4n) is 4.09. The number of nitrogens with zero attached hydrogens (tertiary/aromatic N) is 4. The first-order valence-electron chi connectivity index (χ1n) is 10.2. The fraction of sp³-hybridized carbons (Fsp3) is 0.571. The molecule has 0 bridgehead atoms. The first-order chi connectivity index (χ1) is 13.6. The number of carbonyl (C=O) groups is 1. The van der Waals surface area contributed by atoms with Crippen molar-refractivity contribution in [2.75, 3.05) is 26.2 Å². The molecule has 1 amide bonds. The molecule has 1 fully saturated rings. The van der Waals surface area contributed by atoms with Crippen LogP contribution in [0.4, 0.5) is 0 Å². The molecule has 1 aromatic heterocycles. The van der Waals surface area contributed by atoms with E-state index in [9.17, 15) is 4.79 Å². The van der Waals surface area contributed by atoms with Gasteiger partial charge in [0.2, 0.25) is 5.91 Å². The summed E-state index contributed by atoms with van der Waals surface area (Å²) >= 11 is 0. The molecule has 1 aromatic carbocycles. The van der Waals surface area contributed by atoms with Crippen molar-refractivity contribution >= 4 is 5.91 Å². The predicted octanol–water partition coefficient (Wildman–Crippen LogP) is 2.17. The maximum Gasteiger partial charge on any atom is 0.225 e. The molecule has 2 aliphatic heterocycles. The Morgan fingerprint density at radius 2 is 2.04 bits per heavy atom. The summed E-state index contributed by atoms with van der Waals surface area (Å²) in [5, 5.41) is 12.1. The molecule has 2 aliphatic rings. The Balaban J connectivity index is 1.26. The highest BCUT2D eigenvalue weighted by atomic mass is 16.5. The largest absolute Gasteiger partial charge is 0.493 e. The summed E-state index contributed by atoms with van der Waals surface area (Å²) in [5.74, 6) is 3.58. The number of aromatic nitrogens is 3. The molecular weight excluding hydrogens is 354 g/mol. The van der Waals surface area contributed by atoms with E-state index in [1.807, 2.05) is 17.0 Å². The van der Waals surface area contributed by atoms with Gasteiger partial charge in [-0.3, -0.25) is 4.79 Å². The van der Waals surface area contributed by atoms with Gasteiger partial charge in [-0.15, -0.1) is 10.2 Å². The molecule has 0 radical (unpaired) electrons. The number of benzene rings is 1. The van der Waals surface area contributed by atoms with Crippen LogP contribution < -0.4 is 10.1 Å². The average molecular weight is 383 g/mol. The second-order valence-corrected chi connectivity index (χ2v) is 7.75. The molecule has 7 heteroatoms. The summed E-state index contributed by atoms with van der Waals surface area (Å²) in [6.45, 7) is 8.82. The van der Waals surface area contributed by atoms with Crippen molar-refractivity contribution in [3.63, 3.8) is 0 Å². The molecule has 2 aromatic rings. The lowest BCUT2D eigenvalue weighted by molar-refractivity contribution is -0.132. The van der Waals surface area contributed by atoms with Crippen molar-refractivity contribution in [3.8, 4) is 5.75 Å². The third-order valence-corrected chi connectivity index (χ3v) is 5.99. The lowest BCUT2D eigenvalue weighted by Gasteiger charge is -2.32. The molecule has 28 heavy (non-hydrogen) atoms. The third kappa shape index (κ3) is 3.90. The minimum atomic E-state index is 0.177. The molecule has 150 valence electrons. The van der Waals surface area contributed by atoms with Crippen LogP contribution in [0.25, 0.3) is 0 Å². The quantitative estimate of drug-likeness (QED) is 0.857. The molecule has 7 nitrogen and oxygen atoms in total. The molecule has 4 rings (SSSR count). The molecule has 1 saturated heterocycles. The second kappa shape index (κ2) is 8.31. The lowest BCUT2D eigenvalue weighted by Crippen LogP contribution is -2.39. The minimum absolute atomic E-state index is 0.177. The summed E-state index contributed by atoms with van der Waals surface area (Å²) in [4.78, 5) is 14.5. The zero-order valence-electron chi connectivity index (χ0n) is 16.8. The van der Waals surface area contributed by atoms with E-state index in [0.717, 1.165) is 68.5 Å². The summed E-state index contributed by atoms with van der Waals surface area (Å²) in [5.41, 5.74) is 2.35. The number of carbonyl (C=O) groups excluding carboxylic acids is 1. The van der Waals surface area contributed by atoms with Crippen molar-refractivity contribution < 1.29 is 9.53 Å². The molecule has 0 unspecified atom stereocenters. The number of likely N-dealkylation sites (tertiary alicyclic amines) is 1. The van der Waals surface area contributed by atoms with Gasteiger partial charge in [0.25, 0.3) is 0 Å². The first kappa shape index (κ1) is 18.9. The van der Waals surface area contributed by atoms with E-state index in [1.165, 1.54) is 5.56 Å². The van der Waals surface area contributed by atoms with E-state index in [-0.39, 0.29) is 5.91 Å². The molecule has 1 N–H and O–H groups in total. The van der Waals surface area contributed by atoms with E-state index < -0.39 is 0 Å². The number of amides is 1. The first-order valence-corrected chi connectivity index (χ1v) is 10.2. The summed E-state index contributed by atoms with van der Waals surface area (Å²) < 4.78 is 8.11. The minimum Gasteiger partial charge on any atom is -0.493 e. The van der Waals surface area contributed by atoms with Gasteiger partial charge in [-0.1, -0.05) is 12.1 Å². The smallest absolute Gasteiger partial charge is 0.225 e. The Kier molecular flexibility index (Phi) is 5.62. The average Bonchev–Trinajstić information content (AvgIpc) is 3.15. The van der Waals surface area contributed by atoms with Crippen LogP contribution in [-0.4, -0.2) is 51.8 Å². The number of hydrogen-bond donors (Lipinski definition) is 1. The van der Waals surface area contributed by atoms with Gasteiger partial charge < -0.3 is 19.5 Å². The number of nitrogens with one attached hydrogen (secondary N) is 1. The predicted molar refractivity (Wildman–Crippen MR) is 106 cm³/mol. The van der Waals surface area contributed by atoms with Crippen LogP contribution in [0.2, 0.25) is 0 Å². The molecule has 0 atom stereocenters. The van der Waals surface area contributed by atoms with Crippen LogP contribution in [0.1, 0.15) is 48.0 Å². The Morgan fingerprint density at radius 1 is 1.21 bits per heavy atom. The normalized spacial score (nSPS) is 17.4. The van der Waals surface area contributed by atoms with Crippen LogP contribution in [0.3, 0.4) is 0 Å². The van der Waals surface area contributed by atoms with Gasteiger partial charge >= 0.3 is 0 Å². The van der Waals surface area contributed by atoms with Gasteiger partial charge in [-0.2, -0.15) is 0 Å². The highest BCUT2D eigenvalue weighted by Crippen LogP contribution is 2.28. The molecule has 3 heterocycles. The van der Waals surface area contributed by atoms with Crippen LogP contribution in [0.5, 0.6) is 5.75 Å². The van der Waals surface area contributed by atoms with Crippen LogP contribution in [0.15, 0.2) is 18.2 Å². The second-order valence-electron chi connectivity index (χ2n) is 7.75. The van der Waals surface area contributed by atoms with Crippen molar-refractivity contribution in [2.24, 2.45) is 0 Å². The fourth-order valence-corrected chi connectivity index (χ4v) is 4.09. The summed E-state index contributed by atoms with van der Waals surface area (Å²) in [7, 11) is 0. The Morgan fingerprint density at radius 3 is 2.86 bits per heavy atom. The van der Waals surface area contributed by atoms with Gasteiger partial charge in [0.1, 0.15) is 17.4 Å². The molecule has 0 aliphatic carbocycles. The maximum absolute atomic E-state index is 12.6. The monoisotopic (exact) mass is 383 g/mol. The maximum atomic E-state index is 12.6. The molecule has 0 saturated carbocycles. The number of ether oxygens (including phenoxy) is 1. The SMILES string of the molecule is Cc1cccc(OCCC(=O)N2CCC(c3nnc4n3CCNC4)CC2)c1C.